The van der Waals surface area contributed by atoms with E-state index in [-0.39, 0.29) is 12.8 Å². The topological polar surface area (TPSA) is 189 Å². The van der Waals surface area contributed by atoms with Crippen LogP contribution in [0.4, 0.5) is 0 Å². The molecule has 0 aromatic heterocycles. The molecular formula is C72H135NO10. The summed E-state index contributed by atoms with van der Waals surface area (Å²) >= 11 is 0. The van der Waals surface area contributed by atoms with Crippen LogP contribution in [0.2, 0.25) is 0 Å². The van der Waals surface area contributed by atoms with Crippen molar-refractivity contribution >= 4 is 5.91 Å². The third-order valence-electron chi connectivity index (χ3n) is 17.1. The van der Waals surface area contributed by atoms with E-state index in [0.717, 1.165) is 51.4 Å². The van der Waals surface area contributed by atoms with E-state index in [2.05, 4.69) is 67.8 Å². The van der Waals surface area contributed by atoms with Crippen LogP contribution in [0.25, 0.3) is 0 Å². The number of allylic oxidation sites excluding steroid dienone is 8. The molecule has 488 valence electrons. The van der Waals surface area contributed by atoms with Gasteiger partial charge in [-0.1, -0.05) is 300 Å². The van der Waals surface area contributed by atoms with Crippen LogP contribution in [0.15, 0.2) is 48.6 Å². The quantitative estimate of drug-likeness (QED) is 0.0215. The molecule has 0 aromatic rings. The van der Waals surface area contributed by atoms with Gasteiger partial charge in [-0.15, -0.1) is 0 Å². The summed E-state index contributed by atoms with van der Waals surface area (Å²) in [5, 5.41) is 76.5. The highest BCUT2D eigenvalue weighted by Gasteiger charge is 2.44. The first-order chi connectivity index (χ1) is 40.7. The van der Waals surface area contributed by atoms with Gasteiger partial charge in [0, 0.05) is 0 Å². The smallest absolute Gasteiger partial charge is 0.249 e. The Kier molecular flexibility index (Phi) is 57.5. The summed E-state index contributed by atoms with van der Waals surface area (Å²) in [5.74, 6) is -0.710. The van der Waals surface area contributed by atoms with Gasteiger partial charge in [-0.05, 0) is 83.5 Å². The third-order valence-corrected chi connectivity index (χ3v) is 17.1. The molecule has 83 heavy (non-hydrogen) atoms. The van der Waals surface area contributed by atoms with E-state index in [4.69, 9.17) is 9.47 Å². The predicted molar refractivity (Wildman–Crippen MR) is 348 cm³/mol. The number of carbonyl (C=O) groups is 1. The molecule has 8 N–H and O–H groups in total. The molecule has 0 bridgehead atoms. The standard InChI is InChI=1S/C72H135NO10/c1-3-5-7-9-11-13-15-17-19-21-23-25-27-29-31-32-33-34-36-37-39-41-43-45-47-49-51-53-55-57-59-64(75)67(77)63(62-82-72-70(80)69(79)68(78)66(61-74)83-72)73-71(81)65(76)60-58-56-54-52-50-48-46-44-42-40-38-35-30-28-26-24-22-20-18-16-14-12-10-8-6-4-2/h24,26,30,35,43,45,51,53,63-70,72,74-80H,3-23,25,27-29,31-34,36-42,44,46-50,52,54-62H2,1-2H3,(H,73,81)/b26-24-,35-30-,45-43+,53-51+. The number of aliphatic hydroxyl groups is 7. The second-order valence-electron chi connectivity index (χ2n) is 24.9. The Hall–Kier alpha value is -1.93. The van der Waals surface area contributed by atoms with E-state index in [1.165, 1.54) is 238 Å². The Morgan fingerprint density at radius 1 is 0.422 bits per heavy atom. The highest BCUT2D eigenvalue weighted by molar-refractivity contribution is 5.80. The zero-order valence-corrected chi connectivity index (χ0v) is 53.9. The molecule has 9 atom stereocenters. The molecule has 1 amide bonds. The van der Waals surface area contributed by atoms with E-state index >= 15 is 0 Å². The minimum absolute atomic E-state index is 0.245. The lowest BCUT2D eigenvalue weighted by Crippen LogP contribution is -2.60. The fraction of sp³-hybridized carbons (Fsp3) is 0.875. The zero-order valence-electron chi connectivity index (χ0n) is 53.9. The lowest BCUT2D eigenvalue weighted by atomic mass is 9.98. The number of amides is 1. The second-order valence-corrected chi connectivity index (χ2v) is 24.9. The molecular weight excluding hydrogens is 1040 g/mol. The van der Waals surface area contributed by atoms with Gasteiger partial charge in [0.15, 0.2) is 6.29 Å². The van der Waals surface area contributed by atoms with Crippen molar-refractivity contribution < 1.29 is 50.0 Å². The van der Waals surface area contributed by atoms with Crippen molar-refractivity contribution in [1.82, 2.24) is 5.32 Å². The monoisotopic (exact) mass is 1170 g/mol. The molecule has 0 radical (unpaired) electrons. The lowest BCUT2D eigenvalue weighted by molar-refractivity contribution is -0.303. The van der Waals surface area contributed by atoms with Crippen molar-refractivity contribution in [2.45, 2.75) is 390 Å². The fourth-order valence-electron chi connectivity index (χ4n) is 11.4. The highest BCUT2D eigenvalue weighted by Crippen LogP contribution is 2.24. The summed E-state index contributed by atoms with van der Waals surface area (Å²) in [6.07, 6.45) is 67.7. The van der Waals surface area contributed by atoms with E-state index in [9.17, 15) is 40.5 Å². The van der Waals surface area contributed by atoms with Gasteiger partial charge in [0.05, 0.1) is 25.4 Å². The second kappa shape index (κ2) is 60.4. The van der Waals surface area contributed by atoms with Gasteiger partial charge in [-0.25, -0.2) is 0 Å². The van der Waals surface area contributed by atoms with Gasteiger partial charge in [-0.2, -0.15) is 0 Å². The van der Waals surface area contributed by atoms with Crippen molar-refractivity contribution in [3.05, 3.63) is 48.6 Å². The van der Waals surface area contributed by atoms with Crippen LogP contribution >= 0.6 is 0 Å². The van der Waals surface area contributed by atoms with Crippen LogP contribution in [0, 0.1) is 0 Å². The molecule has 9 unspecified atom stereocenters. The number of nitrogens with one attached hydrogen (secondary N) is 1. The highest BCUT2D eigenvalue weighted by atomic mass is 16.7. The van der Waals surface area contributed by atoms with Gasteiger partial charge in [0.25, 0.3) is 0 Å². The van der Waals surface area contributed by atoms with Crippen molar-refractivity contribution in [2.75, 3.05) is 13.2 Å². The molecule has 1 heterocycles. The van der Waals surface area contributed by atoms with E-state index in [0.29, 0.717) is 19.3 Å². The SMILES string of the molecule is CCCCCCCCCCC/C=C\C/C=C\CCCCCCCCCCCCC(O)C(=O)NC(COC1OC(CO)C(O)C(O)C1O)C(O)C(O)CCC/C=C/CC/C=C/CCCCCCCCCCCCCCCCCCCCCCC. The average Bonchev–Trinajstić information content (AvgIpc) is 3.68. The summed E-state index contributed by atoms with van der Waals surface area (Å²) in [7, 11) is 0. The van der Waals surface area contributed by atoms with E-state index < -0.39 is 74.2 Å². The normalized spacial score (nSPS) is 19.3. The van der Waals surface area contributed by atoms with Gasteiger partial charge >= 0.3 is 0 Å². The zero-order chi connectivity index (χ0) is 60.3. The van der Waals surface area contributed by atoms with E-state index in [1.54, 1.807) is 0 Å². The molecule has 0 spiro atoms. The molecule has 1 saturated heterocycles. The van der Waals surface area contributed by atoms with Gasteiger partial charge in [0.1, 0.15) is 36.6 Å². The summed E-state index contributed by atoms with van der Waals surface area (Å²) in [6.45, 7) is 3.48. The van der Waals surface area contributed by atoms with Crippen LogP contribution in [-0.4, -0.2) is 110 Å². The molecule has 0 aromatic carbocycles. The molecule has 1 aliphatic heterocycles. The predicted octanol–water partition coefficient (Wildman–Crippen LogP) is 17.1. The first-order valence-corrected chi connectivity index (χ1v) is 35.5. The third kappa shape index (κ3) is 47.8. The Bertz CT molecular complexity index is 1490. The van der Waals surface area contributed by atoms with E-state index in [1.807, 2.05) is 0 Å². The first kappa shape index (κ1) is 79.1. The van der Waals surface area contributed by atoms with Gasteiger partial charge < -0.3 is 50.5 Å². The molecule has 0 aliphatic carbocycles. The van der Waals surface area contributed by atoms with Crippen molar-refractivity contribution in [2.24, 2.45) is 0 Å². The number of ether oxygens (including phenoxy) is 2. The molecule has 1 rings (SSSR count). The summed E-state index contributed by atoms with van der Waals surface area (Å²) in [6, 6.07) is -1.20. The molecule has 1 fully saturated rings. The number of rotatable bonds is 62. The summed E-state index contributed by atoms with van der Waals surface area (Å²) in [4.78, 5) is 13.2. The van der Waals surface area contributed by atoms with Gasteiger partial charge in [0.2, 0.25) is 5.91 Å². The van der Waals surface area contributed by atoms with Crippen molar-refractivity contribution in [3.8, 4) is 0 Å². The first-order valence-electron chi connectivity index (χ1n) is 35.5. The Balaban J connectivity index is 2.24. The Labute approximate surface area is 510 Å². The maximum Gasteiger partial charge on any atom is 0.249 e. The number of carbonyl (C=O) groups excluding carboxylic acids is 1. The minimum atomic E-state index is -1.67. The maximum absolute atomic E-state index is 13.2. The average molecular weight is 1170 g/mol. The van der Waals surface area contributed by atoms with Crippen molar-refractivity contribution in [1.29, 1.82) is 0 Å². The summed E-state index contributed by atoms with van der Waals surface area (Å²) < 4.78 is 11.2. The van der Waals surface area contributed by atoms with Crippen LogP contribution in [0.5, 0.6) is 0 Å². The fourth-order valence-corrected chi connectivity index (χ4v) is 11.4. The summed E-state index contributed by atoms with van der Waals surface area (Å²) in [5.41, 5.74) is 0. The number of aliphatic hydroxyl groups excluding tert-OH is 7. The largest absolute Gasteiger partial charge is 0.394 e. The number of hydrogen-bond donors (Lipinski definition) is 8. The molecule has 11 nitrogen and oxygen atoms in total. The number of unbranched alkanes of at least 4 members (excludes halogenated alkanes) is 42. The Morgan fingerprint density at radius 2 is 0.759 bits per heavy atom. The molecule has 1 aliphatic rings. The molecule has 0 saturated carbocycles. The van der Waals surface area contributed by atoms with Crippen LogP contribution in [0.1, 0.15) is 335 Å². The van der Waals surface area contributed by atoms with Crippen molar-refractivity contribution in [3.63, 3.8) is 0 Å². The minimum Gasteiger partial charge on any atom is -0.394 e. The van der Waals surface area contributed by atoms with Crippen LogP contribution in [0.3, 0.4) is 0 Å². The lowest BCUT2D eigenvalue weighted by Gasteiger charge is -2.40. The van der Waals surface area contributed by atoms with Crippen LogP contribution in [-0.2, 0) is 14.3 Å². The van der Waals surface area contributed by atoms with Crippen LogP contribution < -0.4 is 5.32 Å². The molecule has 11 heteroatoms. The Morgan fingerprint density at radius 3 is 1.14 bits per heavy atom. The number of hydrogen-bond acceptors (Lipinski definition) is 10. The maximum atomic E-state index is 13.2. The van der Waals surface area contributed by atoms with Gasteiger partial charge in [-0.3, -0.25) is 4.79 Å².